The molecule has 0 unspecified atom stereocenters. The molecule has 5 nitrogen and oxygen atoms in total. The number of nitrogens with one attached hydrogen (secondary N) is 1. The number of hydrogen-bond acceptors (Lipinski definition) is 3. The van der Waals surface area contributed by atoms with Crippen LogP contribution in [0.3, 0.4) is 0 Å². The molecule has 0 spiro atoms. The molecule has 0 saturated heterocycles. The van der Waals surface area contributed by atoms with E-state index in [4.69, 9.17) is 11.5 Å². The van der Waals surface area contributed by atoms with Crippen LogP contribution in [0.15, 0.2) is 30.3 Å². The smallest absolute Gasteiger partial charge is 0.244 e. The van der Waals surface area contributed by atoms with Crippen molar-refractivity contribution in [2.75, 3.05) is 6.54 Å². The molecular weight excluding hydrogens is 218 g/mol. The third-order valence-electron chi connectivity index (χ3n) is 1.91. The molecule has 5 heteroatoms. The zero-order valence-corrected chi connectivity index (χ0v) is 10.1. The zero-order valence-electron chi connectivity index (χ0n) is 10.1. The van der Waals surface area contributed by atoms with E-state index in [2.05, 4.69) is 5.32 Å². The first-order chi connectivity index (χ1) is 8.15. The van der Waals surface area contributed by atoms with Gasteiger partial charge < -0.3 is 16.8 Å². The number of amides is 2. The number of rotatable bonds is 4. The van der Waals surface area contributed by atoms with Crippen molar-refractivity contribution in [2.45, 2.75) is 19.9 Å². The monoisotopic (exact) mass is 237 g/mol. The first-order valence-electron chi connectivity index (χ1n) is 5.49. The molecule has 0 radical (unpaired) electrons. The molecule has 2 amide bonds. The van der Waals surface area contributed by atoms with Crippen LogP contribution in [0.2, 0.25) is 0 Å². The predicted molar refractivity (Wildman–Crippen MR) is 66.9 cm³/mol. The minimum Gasteiger partial charge on any atom is -0.368 e. The fourth-order valence-corrected chi connectivity index (χ4v) is 1.18. The van der Waals surface area contributed by atoms with Crippen molar-refractivity contribution in [1.82, 2.24) is 5.32 Å². The van der Waals surface area contributed by atoms with Gasteiger partial charge in [-0.05, 0) is 5.56 Å². The number of carbonyl (C=O) groups excluding carboxylic acids is 2. The average Bonchev–Trinajstić information content (AvgIpc) is 2.38. The van der Waals surface area contributed by atoms with Gasteiger partial charge in [0.2, 0.25) is 11.8 Å². The molecule has 0 aliphatic rings. The molecule has 0 fully saturated rings. The number of nitrogens with two attached hydrogens (primary N) is 2. The number of primary amides is 1. The summed E-state index contributed by atoms with van der Waals surface area (Å²) < 4.78 is 0. The van der Waals surface area contributed by atoms with E-state index in [1.54, 1.807) is 24.3 Å². The molecule has 94 valence electrons. The summed E-state index contributed by atoms with van der Waals surface area (Å²) in [7, 11) is 0. The summed E-state index contributed by atoms with van der Waals surface area (Å²) in [4.78, 5) is 22.2. The highest BCUT2D eigenvalue weighted by Crippen LogP contribution is 2.11. The normalized spacial score (nSPS) is 10.8. The van der Waals surface area contributed by atoms with Gasteiger partial charge in [-0.3, -0.25) is 9.59 Å². The molecule has 0 heterocycles. The largest absolute Gasteiger partial charge is 0.368 e. The minimum absolute atomic E-state index is 0.170. The van der Waals surface area contributed by atoms with Crippen molar-refractivity contribution < 1.29 is 9.59 Å². The average molecular weight is 237 g/mol. The van der Waals surface area contributed by atoms with Crippen LogP contribution < -0.4 is 16.8 Å². The number of carbonyl (C=O) groups is 2. The molecule has 1 atom stereocenters. The highest BCUT2D eigenvalue weighted by atomic mass is 16.2. The number of benzene rings is 1. The molecule has 1 aromatic carbocycles. The molecule has 0 aliphatic heterocycles. The Kier molecular flexibility index (Phi) is 7.38. The zero-order chi connectivity index (χ0) is 13.3. The van der Waals surface area contributed by atoms with Crippen LogP contribution >= 0.6 is 0 Å². The standard InChI is InChI=1S/C10H13N3O2.C2H6/c11-6-8(14)13-9(10(12)15)7-4-2-1-3-5-7;1-2/h1-5,9H,6,11H2,(H2,12,15)(H,13,14);1-2H3/t9-;/m0./s1. The lowest BCUT2D eigenvalue weighted by atomic mass is 10.1. The van der Waals surface area contributed by atoms with Crippen LogP contribution in [0, 0.1) is 0 Å². The fraction of sp³-hybridized carbons (Fsp3) is 0.333. The quantitative estimate of drug-likeness (QED) is 0.703. The van der Waals surface area contributed by atoms with E-state index >= 15 is 0 Å². The lowest BCUT2D eigenvalue weighted by Gasteiger charge is -2.14. The summed E-state index contributed by atoms with van der Waals surface area (Å²) >= 11 is 0. The van der Waals surface area contributed by atoms with Gasteiger partial charge in [-0.2, -0.15) is 0 Å². The molecule has 1 aromatic rings. The van der Waals surface area contributed by atoms with Crippen LogP contribution in [-0.4, -0.2) is 18.4 Å². The second-order valence-corrected chi connectivity index (χ2v) is 3.02. The Morgan fingerprint density at radius 1 is 1.24 bits per heavy atom. The lowest BCUT2D eigenvalue weighted by Crippen LogP contribution is -2.40. The van der Waals surface area contributed by atoms with Gasteiger partial charge in [0, 0.05) is 0 Å². The van der Waals surface area contributed by atoms with Crippen molar-refractivity contribution >= 4 is 11.8 Å². The molecule has 0 aromatic heterocycles. The molecular formula is C12H19N3O2. The summed E-state index contributed by atoms with van der Waals surface area (Å²) in [5.74, 6) is -1.02. The van der Waals surface area contributed by atoms with Gasteiger partial charge in [0.15, 0.2) is 0 Å². The molecule has 17 heavy (non-hydrogen) atoms. The maximum absolute atomic E-state index is 11.1. The second kappa shape index (κ2) is 8.29. The fourth-order valence-electron chi connectivity index (χ4n) is 1.18. The number of hydrogen-bond donors (Lipinski definition) is 3. The van der Waals surface area contributed by atoms with Crippen molar-refractivity contribution in [3.05, 3.63) is 35.9 Å². The highest BCUT2D eigenvalue weighted by molar-refractivity contribution is 5.88. The molecule has 1 rings (SSSR count). The SMILES string of the molecule is CC.NCC(=O)N[C@H](C(N)=O)c1ccccc1. The predicted octanol–water partition coefficient (Wildman–Crippen LogP) is 0.314. The summed E-state index contributed by atoms with van der Waals surface area (Å²) in [5, 5.41) is 2.44. The van der Waals surface area contributed by atoms with Gasteiger partial charge in [-0.25, -0.2) is 0 Å². The van der Waals surface area contributed by atoms with Crippen LogP contribution in [0.5, 0.6) is 0 Å². The van der Waals surface area contributed by atoms with E-state index in [9.17, 15) is 9.59 Å². The van der Waals surface area contributed by atoms with Gasteiger partial charge in [0.05, 0.1) is 6.54 Å². The molecule has 0 aliphatic carbocycles. The Hall–Kier alpha value is -1.88. The van der Waals surface area contributed by atoms with Gasteiger partial charge in [-0.15, -0.1) is 0 Å². The van der Waals surface area contributed by atoms with Gasteiger partial charge in [0.25, 0.3) is 0 Å². The molecule has 0 bridgehead atoms. The summed E-state index contributed by atoms with van der Waals surface area (Å²) in [6, 6.07) is 7.95. The Labute approximate surface area is 101 Å². The topological polar surface area (TPSA) is 98.2 Å². The van der Waals surface area contributed by atoms with Gasteiger partial charge in [-0.1, -0.05) is 44.2 Å². The third-order valence-corrected chi connectivity index (χ3v) is 1.91. The van der Waals surface area contributed by atoms with E-state index in [1.807, 2.05) is 19.9 Å². The van der Waals surface area contributed by atoms with Crippen molar-refractivity contribution in [3.8, 4) is 0 Å². The highest BCUT2D eigenvalue weighted by Gasteiger charge is 2.18. The molecule has 5 N–H and O–H groups in total. The van der Waals surface area contributed by atoms with Crippen LogP contribution in [0.4, 0.5) is 0 Å². The lowest BCUT2D eigenvalue weighted by molar-refractivity contribution is -0.126. The van der Waals surface area contributed by atoms with E-state index < -0.39 is 17.9 Å². The first-order valence-corrected chi connectivity index (χ1v) is 5.49. The van der Waals surface area contributed by atoms with E-state index in [-0.39, 0.29) is 6.54 Å². The Morgan fingerprint density at radius 3 is 2.18 bits per heavy atom. The Bertz CT molecular complexity index is 352. The van der Waals surface area contributed by atoms with Gasteiger partial charge >= 0.3 is 0 Å². The van der Waals surface area contributed by atoms with E-state index in [1.165, 1.54) is 0 Å². The summed E-state index contributed by atoms with van der Waals surface area (Å²) in [5.41, 5.74) is 11.0. The summed E-state index contributed by atoms with van der Waals surface area (Å²) in [6.45, 7) is 3.83. The third kappa shape index (κ3) is 5.12. The van der Waals surface area contributed by atoms with Crippen molar-refractivity contribution in [1.29, 1.82) is 0 Å². The van der Waals surface area contributed by atoms with Crippen LogP contribution in [-0.2, 0) is 9.59 Å². The van der Waals surface area contributed by atoms with Crippen molar-refractivity contribution in [3.63, 3.8) is 0 Å². The Balaban J connectivity index is 0.00000121. The van der Waals surface area contributed by atoms with Gasteiger partial charge in [0.1, 0.15) is 6.04 Å². The summed E-state index contributed by atoms with van der Waals surface area (Å²) in [6.07, 6.45) is 0. The first kappa shape index (κ1) is 15.1. The minimum atomic E-state index is -0.817. The second-order valence-electron chi connectivity index (χ2n) is 3.02. The van der Waals surface area contributed by atoms with E-state index in [0.717, 1.165) is 0 Å². The van der Waals surface area contributed by atoms with Crippen molar-refractivity contribution in [2.24, 2.45) is 11.5 Å². The van der Waals surface area contributed by atoms with Crippen LogP contribution in [0.1, 0.15) is 25.5 Å². The van der Waals surface area contributed by atoms with E-state index in [0.29, 0.717) is 5.56 Å². The van der Waals surface area contributed by atoms with Crippen LogP contribution in [0.25, 0.3) is 0 Å². The maximum Gasteiger partial charge on any atom is 0.244 e. The molecule has 0 saturated carbocycles. The Morgan fingerprint density at radius 2 is 1.76 bits per heavy atom. The maximum atomic E-state index is 11.1.